The van der Waals surface area contributed by atoms with E-state index >= 15 is 4.39 Å². The van der Waals surface area contributed by atoms with Gasteiger partial charge in [0.2, 0.25) is 0 Å². The summed E-state index contributed by atoms with van der Waals surface area (Å²) in [5.74, 6) is -5.03. The zero-order valence-electron chi connectivity index (χ0n) is 22.1. The third kappa shape index (κ3) is 7.47. The molecule has 0 saturated heterocycles. The number of imide groups is 1. The average molecular weight is 596 g/mol. The molecule has 0 saturated carbocycles. The van der Waals surface area contributed by atoms with Gasteiger partial charge in [0, 0.05) is 28.7 Å². The Bertz CT molecular complexity index is 1330. The number of esters is 2. The summed E-state index contributed by atoms with van der Waals surface area (Å²) >= 11 is 7.17. The second-order valence-electron chi connectivity index (χ2n) is 8.77. The summed E-state index contributed by atoms with van der Waals surface area (Å²) in [6, 6.07) is 6.67. The summed E-state index contributed by atoms with van der Waals surface area (Å²) in [5.41, 5.74) is -0.633. The maximum absolute atomic E-state index is 15.5. The van der Waals surface area contributed by atoms with E-state index in [1.54, 1.807) is 6.92 Å². The molecule has 0 N–H and O–H groups in total. The molecule has 1 atom stereocenters. The number of rotatable bonds is 10. The van der Waals surface area contributed by atoms with E-state index in [0.29, 0.717) is 17.7 Å². The minimum absolute atomic E-state index is 0.00935. The van der Waals surface area contributed by atoms with Crippen molar-refractivity contribution < 1.29 is 42.2 Å². The van der Waals surface area contributed by atoms with Crippen LogP contribution in [0.1, 0.15) is 43.0 Å². The molecule has 1 aliphatic rings. The second-order valence-corrected chi connectivity index (χ2v) is 10.6. The van der Waals surface area contributed by atoms with Crippen molar-refractivity contribution in [3.8, 4) is 0 Å². The highest BCUT2D eigenvalue weighted by atomic mass is 35.5. The van der Waals surface area contributed by atoms with E-state index in [1.165, 1.54) is 26.4 Å². The van der Waals surface area contributed by atoms with Gasteiger partial charge in [-0.1, -0.05) is 17.7 Å². The summed E-state index contributed by atoms with van der Waals surface area (Å²) in [4.78, 5) is 53.3. The number of hydrogen-bond donors (Lipinski definition) is 0. The number of methoxy groups -OCH3 is 2. The third-order valence-electron chi connectivity index (χ3n) is 6.05. The lowest BCUT2D eigenvalue weighted by atomic mass is 9.90. The van der Waals surface area contributed by atoms with Gasteiger partial charge < -0.3 is 14.2 Å². The van der Waals surface area contributed by atoms with Crippen LogP contribution in [0.25, 0.3) is 0 Å². The molecule has 8 nitrogen and oxygen atoms in total. The molecule has 0 fully saturated rings. The summed E-state index contributed by atoms with van der Waals surface area (Å²) in [6.45, 7) is 1.65. The molecular formula is C28H28ClF2NO7S. The molecule has 2 amide bonds. The molecule has 3 rings (SSSR count). The Morgan fingerprint density at radius 3 is 2.35 bits per heavy atom. The number of carbonyl (C=O) groups excluding carboxylic acids is 4. The fraction of sp³-hybridized carbons (Fsp3) is 0.357. The lowest BCUT2D eigenvalue weighted by Gasteiger charge is -2.27. The van der Waals surface area contributed by atoms with Crippen LogP contribution in [0.3, 0.4) is 0 Å². The zero-order valence-corrected chi connectivity index (χ0v) is 23.7. The molecule has 0 radical (unpaired) electrons. The van der Waals surface area contributed by atoms with E-state index in [4.69, 9.17) is 25.8 Å². The molecule has 0 spiro atoms. The van der Waals surface area contributed by atoms with Crippen molar-refractivity contribution in [3.05, 3.63) is 69.8 Å². The molecule has 40 heavy (non-hydrogen) atoms. The number of nitrogens with zero attached hydrogens (tertiary/aromatic N) is 1. The molecule has 1 aliphatic carbocycles. The number of anilines is 1. The van der Waals surface area contributed by atoms with E-state index in [1.807, 2.05) is 0 Å². The predicted octanol–water partition coefficient (Wildman–Crippen LogP) is 5.51. The highest BCUT2D eigenvalue weighted by Gasteiger charge is 2.35. The molecular weight excluding hydrogens is 568 g/mol. The number of amides is 2. The number of benzene rings is 2. The van der Waals surface area contributed by atoms with Crippen LogP contribution in [0.4, 0.5) is 14.5 Å². The van der Waals surface area contributed by atoms with Crippen LogP contribution in [0, 0.1) is 11.6 Å². The van der Waals surface area contributed by atoms with E-state index in [0.717, 1.165) is 36.0 Å². The van der Waals surface area contributed by atoms with Crippen molar-refractivity contribution in [2.24, 2.45) is 0 Å². The number of thioether (sulfide) groups is 1. The topological polar surface area (TPSA) is 99.2 Å². The van der Waals surface area contributed by atoms with Crippen molar-refractivity contribution in [3.63, 3.8) is 0 Å². The molecule has 2 aromatic rings. The Morgan fingerprint density at radius 1 is 1.00 bits per heavy atom. The minimum Gasteiger partial charge on any atom is -0.468 e. The second kappa shape index (κ2) is 14.4. The van der Waals surface area contributed by atoms with Gasteiger partial charge in [0.1, 0.15) is 23.5 Å². The quantitative estimate of drug-likeness (QED) is 0.154. The lowest BCUT2D eigenvalue weighted by molar-refractivity contribution is -0.141. The maximum Gasteiger partial charge on any atom is 0.334 e. The Kier molecular flexibility index (Phi) is 11.2. The molecule has 1 unspecified atom stereocenters. The number of halogens is 3. The van der Waals surface area contributed by atoms with E-state index < -0.39 is 46.3 Å². The number of carbonyl (C=O) groups is 4. The van der Waals surface area contributed by atoms with Gasteiger partial charge in [-0.25, -0.2) is 18.5 Å². The van der Waals surface area contributed by atoms with E-state index in [2.05, 4.69) is 0 Å². The third-order valence-corrected chi connectivity index (χ3v) is 7.61. The molecule has 0 heterocycles. The van der Waals surface area contributed by atoms with Crippen molar-refractivity contribution in [2.45, 2.75) is 42.8 Å². The Labute approximate surface area is 239 Å². The van der Waals surface area contributed by atoms with Gasteiger partial charge in [-0.2, -0.15) is 0 Å². The standard InChI is InChI=1S/C28H28ClF2NO7S/c1-16(27(35)38-3)40-24-15-23(22(31)14-21(24)29)32(25(33)17-7-6-8-18(30)13-17)26(34)19-9-4-5-10-20(19)28(36)39-12-11-37-2/h6-8,13-16H,4-5,9-12H2,1-3H3. The zero-order chi connectivity index (χ0) is 29.4. The average Bonchev–Trinajstić information content (AvgIpc) is 2.94. The van der Waals surface area contributed by atoms with Crippen LogP contribution < -0.4 is 4.90 Å². The number of ether oxygens (including phenoxy) is 3. The summed E-state index contributed by atoms with van der Waals surface area (Å²) in [6.07, 6.45) is 1.50. The van der Waals surface area contributed by atoms with Crippen molar-refractivity contribution >= 4 is 52.8 Å². The summed E-state index contributed by atoms with van der Waals surface area (Å²) in [5, 5.41) is -0.815. The van der Waals surface area contributed by atoms with Gasteiger partial charge in [-0.3, -0.25) is 14.4 Å². The smallest absolute Gasteiger partial charge is 0.334 e. The van der Waals surface area contributed by atoms with Crippen LogP contribution in [-0.4, -0.2) is 56.4 Å². The monoisotopic (exact) mass is 595 g/mol. The molecule has 2 aromatic carbocycles. The Morgan fingerprint density at radius 2 is 1.70 bits per heavy atom. The van der Waals surface area contributed by atoms with Crippen LogP contribution in [0.2, 0.25) is 5.02 Å². The fourth-order valence-electron chi connectivity index (χ4n) is 4.05. The lowest BCUT2D eigenvalue weighted by Crippen LogP contribution is -2.40. The van der Waals surface area contributed by atoms with Crippen LogP contribution >= 0.6 is 23.4 Å². The fourth-order valence-corrected chi connectivity index (χ4v) is 5.26. The van der Waals surface area contributed by atoms with Gasteiger partial charge in [-0.15, -0.1) is 11.8 Å². The first-order valence-corrected chi connectivity index (χ1v) is 13.6. The van der Waals surface area contributed by atoms with Gasteiger partial charge >= 0.3 is 11.9 Å². The Balaban J connectivity index is 2.15. The van der Waals surface area contributed by atoms with Gasteiger partial charge in [-0.05, 0) is 62.9 Å². The largest absolute Gasteiger partial charge is 0.468 e. The summed E-state index contributed by atoms with van der Waals surface area (Å²) in [7, 11) is 2.66. The highest BCUT2D eigenvalue weighted by Crippen LogP contribution is 2.38. The van der Waals surface area contributed by atoms with Gasteiger partial charge in [0.15, 0.2) is 0 Å². The molecule has 214 valence electrons. The minimum atomic E-state index is -1.02. The first-order valence-electron chi connectivity index (χ1n) is 12.3. The number of hydrogen-bond acceptors (Lipinski definition) is 8. The summed E-state index contributed by atoms with van der Waals surface area (Å²) < 4.78 is 44.3. The predicted molar refractivity (Wildman–Crippen MR) is 145 cm³/mol. The first kappa shape index (κ1) is 31.3. The SMILES string of the molecule is COCCOC(=O)C1=C(C(=O)N(C(=O)c2cccc(F)c2)c2cc(SC(C)C(=O)OC)c(Cl)cc2F)CCCC1. The van der Waals surface area contributed by atoms with Crippen molar-refractivity contribution in [1.29, 1.82) is 0 Å². The van der Waals surface area contributed by atoms with Gasteiger partial charge in [0.05, 0.1) is 24.4 Å². The maximum atomic E-state index is 15.5. The molecule has 0 bridgehead atoms. The molecule has 0 aromatic heterocycles. The van der Waals surface area contributed by atoms with E-state index in [-0.39, 0.29) is 52.7 Å². The first-order chi connectivity index (χ1) is 19.1. The highest BCUT2D eigenvalue weighted by molar-refractivity contribution is 8.00. The van der Waals surface area contributed by atoms with Crippen molar-refractivity contribution in [2.75, 3.05) is 32.3 Å². The van der Waals surface area contributed by atoms with Crippen LogP contribution in [0.5, 0.6) is 0 Å². The normalized spacial score (nSPS) is 13.9. The molecule has 12 heteroatoms. The van der Waals surface area contributed by atoms with Crippen molar-refractivity contribution in [1.82, 2.24) is 0 Å². The van der Waals surface area contributed by atoms with Gasteiger partial charge in [0.25, 0.3) is 11.8 Å². The molecule has 0 aliphatic heterocycles. The van der Waals surface area contributed by atoms with Crippen LogP contribution in [0.15, 0.2) is 52.4 Å². The van der Waals surface area contributed by atoms with Crippen LogP contribution in [-0.2, 0) is 28.6 Å². The van der Waals surface area contributed by atoms with E-state index in [9.17, 15) is 23.6 Å². The Hall–Kier alpha value is -3.28.